The summed E-state index contributed by atoms with van der Waals surface area (Å²) in [6, 6.07) is 18.2. The van der Waals surface area contributed by atoms with Gasteiger partial charge in [0, 0.05) is 18.1 Å². The van der Waals surface area contributed by atoms with E-state index >= 15 is 0 Å². The van der Waals surface area contributed by atoms with Gasteiger partial charge in [0.2, 0.25) is 11.8 Å². The number of hydrogen-bond acceptors (Lipinski definition) is 4. The quantitative estimate of drug-likeness (QED) is 0.266. The Morgan fingerprint density at radius 2 is 1.56 bits per heavy atom. The zero-order valence-corrected chi connectivity index (χ0v) is 24.7. The molecule has 7 nitrogen and oxygen atoms in total. The van der Waals surface area contributed by atoms with E-state index in [4.69, 9.17) is 34.8 Å². The first-order valence-corrected chi connectivity index (χ1v) is 15.0. The third-order valence-corrected chi connectivity index (χ3v) is 8.78. The van der Waals surface area contributed by atoms with Crippen molar-refractivity contribution in [1.82, 2.24) is 10.2 Å². The Kier molecular flexibility index (Phi) is 11.1. The van der Waals surface area contributed by atoms with Crippen molar-refractivity contribution < 1.29 is 18.0 Å². The van der Waals surface area contributed by atoms with E-state index in [0.717, 1.165) is 10.7 Å². The van der Waals surface area contributed by atoms with Crippen LogP contribution in [0.3, 0.4) is 0 Å². The number of hydrogen-bond donors (Lipinski definition) is 1. The summed E-state index contributed by atoms with van der Waals surface area (Å²) in [7, 11) is -4.16. The van der Waals surface area contributed by atoms with E-state index in [2.05, 4.69) is 5.32 Å². The van der Waals surface area contributed by atoms with Crippen molar-refractivity contribution in [3.63, 3.8) is 0 Å². The smallest absolute Gasteiger partial charge is 0.264 e. The number of amides is 2. The Hall–Kier alpha value is -2.78. The third-order valence-electron chi connectivity index (χ3n) is 6.00. The van der Waals surface area contributed by atoms with Crippen LogP contribution in [-0.2, 0) is 26.2 Å². The van der Waals surface area contributed by atoms with Crippen LogP contribution in [0.4, 0.5) is 5.69 Å². The van der Waals surface area contributed by atoms with Crippen LogP contribution in [0.2, 0.25) is 15.1 Å². The second-order valence-corrected chi connectivity index (χ2v) is 11.9. The van der Waals surface area contributed by atoms with Gasteiger partial charge < -0.3 is 10.2 Å². The lowest BCUT2D eigenvalue weighted by Gasteiger charge is -2.33. The molecule has 208 valence electrons. The van der Waals surface area contributed by atoms with Gasteiger partial charge in [-0.15, -0.1) is 0 Å². The van der Waals surface area contributed by atoms with E-state index in [-0.39, 0.29) is 17.3 Å². The van der Waals surface area contributed by atoms with Crippen molar-refractivity contribution in [3.05, 3.63) is 93.4 Å². The van der Waals surface area contributed by atoms with Crippen LogP contribution in [0.1, 0.15) is 32.3 Å². The van der Waals surface area contributed by atoms with Gasteiger partial charge >= 0.3 is 0 Å². The number of nitrogens with one attached hydrogen (secondary N) is 1. The monoisotopic (exact) mass is 609 g/mol. The number of halogens is 3. The van der Waals surface area contributed by atoms with Gasteiger partial charge in [-0.25, -0.2) is 8.42 Å². The standard InChI is InChI=1S/C28H30Cl3N3O4S/c1-3-16-32-28(36)26(4-2)33(18-20-10-15-24(30)25(31)17-20)27(35)19-34(22-8-6-5-7-9-22)39(37,38)23-13-11-21(29)12-14-23/h5-15,17,26H,3-4,16,18-19H2,1-2H3,(H,32,36)/t26-/m1/s1. The van der Waals surface area contributed by atoms with Crippen molar-refractivity contribution in [2.75, 3.05) is 17.4 Å². The number of benzene rings is 3. The SMILES string of the molecule is CCCNC(=O)[C@@H](CC)N(Cc1ccc(Cl)c(Cl)c1)C(=O)CN(c1ccccc1)S(=O)(=O)c1ccc(Cl)cc1. The molecular weight excluding hydrogens is 581 g/mol. The molecule has 1 atom stereocenters. The van der Waals surface area contributed by atoms with Gasteiger partial charge in [-0.05, 0) is 66.9 Å². The number of rotatable bonds is 12. The van der Waals surface area contributed by atoms with Gasteiger partial charge in [0.05, 0.1) is 20.6 Å². The van der Waals surface area contributed by atoms with Gasteiger partial charge in [-0.1, -0.05) is 72.9 Å². The molecule has 0 aromatic heterocycles. The zero-order chi connectivity index (χ0) is 28.6. The summed E-state index contributed by atoms with van der Waals surface area (Å²) in [6.45, 7) is 3.67. The Morgan fingerprint density at radius 1 is 0.897 bits per heavy atom. The highest BCUT2D eigenvalue weighted by Gasteiger charge is 2.33. The Balaban J connectivity index is 2.04. The summed E-state index contributed by atoms with van der Waals surface area (Å²) >= 11 is 18.3. The maximum absolute atomic E-state index is 14.0. The van der Waals surface area contributed by atoms with Gasteiger partial charge in [0.15, 0.2) is 0 Å². The lowest BCUT2D eigenvalue weighted by atomic mass is 10.1. The van der Waals surface area contributed by atoms with Crippen LogP contribution in [0.15, 0.2) is 77.7 Å². The fraction of sp³-hybridized carbons (Fsp3) is 0.286. The first-order valence-electron chi connectivity index (χ1n) is 12.4. The minimum Gasteiger partial charge on any atom is -0.354 e. The normalized spacial score (nSPS) is 12.0. The largest absolute Gasteiger partial charge is 0.354 e. The number of carbonyl (C=O) groups excluding carboxylic acids is 2. The molecule has 0 aliphatic carbocycles. The van der Waals surface area contributed by atoms with E-state index in [1.165, 1.54) is 29.2 Å². The predicted molar refractivity (Wildman–Crippen MR) is 157 cm³/mol. The average Bonchev–Trinajstić information content (AvgIpc) is 2.92. The van der Waals surface area contributed by atoms with Crippen molar-refractivity contribution >= 4 is 62.3 Å². The molecule has 3 rings (SSSR count). The number of para-hydroxylation sites is 1. The summed E-state index contributed by atoms with van der Waals surface area (Å²) in [5, 5.41) is 3.89. The minimum atomic E-state index is -4.16. The molecule has 0 fully saturated rings. The summed E-state index contributed by atoms with van der Waals surface area (Å²) in [5.74, 6) is -0.874. The van der Waals surface area contributed by atoms with Gasteiger partial charge in [0.25, 0.3) is 10.0 Å². The van der Waals surface area contributed by atoms with Crippen molar-refractivity contribution in [2.24, 2.45) is 0 Å². The van der Waals surface area contributed by atoms with E-state index in [1.54, 1.807) is 55.5 Å². The molecule has 0 aliphatic heterocycles. The molecule has 0 bridgehead atoms. The molecule has 0 saturated carbocycles. The summed E-state index contributed by atoms with van der Waals surface area (Å²) < 4.78 is 28.6. The van der Waals surface area contributed by atoms with Crippen LogP contribution in [-0.4, -0.2) is 44.3 Å². The van der Waals surface area contributed by atoms with E-state index in [1.807, 2.05) is 6.92 Å². The fourth-order valence-corrected chi connectivity index (χ4v) is 5.84. The number of anilines is 1. The van der Waals surface area contributed by atoms with Crippen LogP contribution in [0.25, 0.3) is 0 Å². The second-order valence-electron chi connectivity index (χ2n) is 8.79. The van der Waals surface area contributed by atoms with Crippen LogP contribution >= 0.6 is 34.8 Å². The number of carbonyl (C=O) groups is 2. The van der Waals surface area contributed by atoms with E-state index in [9.17, 15) is 18.0 Å². The maximum Gasteiger partial charge on any atom is 0.264 e. The number of nitrogens with zero attached hydrogens (tertiary/aromatic N) is 2. The average molecular weight is 611 g/mol. The highest BCUT2D eigenvalue weighted by Crippen LogP contribution is 2.27. The maximum atomic E-state index is 14.0. The molecule has 11 heteroatoms. The van der Waals surface area contributed by atoms with Crippen LogP contribution < -0.4 is 9.62 Å². The lowest BCUT2D eigenvalue weighted by Crippen LogP contribution is -2.52. The highest BCUT2D eigenvalue weighted by molar-refractivity contribution is 7.92. The minimum absolute atomic E-state index is 0.0210. The van der Waals surface area contributed by atoms with Crippen molar-refractivity contribution in [2.45, 2.75) is 44.2 Å². The molecular formula is C28H30Cl3N3O4S. The predicted octanol–water partition coefficient (Wildman–Crippen LogP) is 6.18. The molecule has 2 amide bonds. The zero-order valence-electron chi connectivity index (χ0n) is 21.6. The molecule has 3 aromatic carbocycles. The summed E-state index contributed by atoms with van der Waals surface area (Å²) in [6.07, 6.45) is 1.04. The fourth-order valence-electron chi connectivity index (χ4n) is 3.98. The topological polar surface area (TPSA) is 86.8 Å². The van der Waals surface area contributed by atoms with Gasteiger partial charge in [-0.3, -0.25) is 13.9 Å². The number of sulfonamides is 1. The van der Waals surface area contributed by atoms with Crippen LogP contribution in [0, 0.1) is 0 Å². The first-order chi connectivity index (χ1) is 18.6. The van der Waals surface area contributed by atoms with Gasteiger partial charge in [-0.2, -0.15) is 0 Å². The van der Waals surface area contributed by atoms with E-state index in [0.29, 0.717) is 39.3 Å². The summed E-state index contributed by atoms with van der Waals surface area (Å²) in [5.41, 5.74) is 0.949. The molecule has 0 spiro atoms. The molecule has 1 N–H and O–H groups in total. The molecule has 0 saturated heterocycles. The van der Waals surface area contributed by atoms with Crippen LogP contribution in [0.5, 0.6) is 0 Å². The molecule has 0 aliphatic rings. The Bertz CT molecular complexity index is 1390. The summed E-state index contributed by atoms with van der Waals surface area (Å²) in [4.78, 5) is 28.4. The Labute approximate surface area is 244 Å². The lowest BCUT2D eigenvalue weighted by molar-refractivity contribution is -0.140. The van der Waals surface area contributed by atoms with Crippen molar-refractivity contribution in [1.29, 1.82) is 0 Å². The third kappa shape index (κ3) is 7.88. The van der Waals surface area contributed by atoms with Gasteiger partial charge in [0.1, 0.15) is 12.6 Å². The Morgan fingerprint density at radius 3 is 2.15 bits per heavy atom. The van der Waals surface area contributed by atoms with E-state index < -0.39 is 28.5 Å². The molecule has 0 unspecified atom stereocenters. The molecule has 39 heavy (non-hydrogen) atoms. The molecule has 0 radical (unpaired) electrons. The molecule has 0 heterocycles. The van der Waals surface area contributed by atoms with Crippen molar-refractivity contribution in [3.8, 4) is 0 Å². The first kappa shape index (κ1) is 30.8. The highest BCUT2D eigenvalue weighted by atomic mass is 35.5. The molecule has 3 aromatic rings. The second kappa shape index (κ2) is 14.0.